The number of thiophene rings is 1. The molecule has 0 amide bonds. The average molecular weight is 717 g/mol. The number of halogens is 5. The Morgan fingerprint density at radius 3 is 2.86 bits per heavy atom. The van der Waals surface area contributed by atoms with Crippen LogP contribution in [0.4, 0.5) is 28.4 Å². The normalized spacial score (nSPS) is 25.3. The summed E-state index contributed by atoms with van der Waals surface area (Å²) in [6.45, 7) is 2.00. The molecule has 258 valence electrons. The van der Waals surface area contributed by atoms with E-state index in [0.29, 0.717) is 37.7 Å². The highest BCUT2D eigenvalue weighted by Crippen LogP contribution is 2.51. The van der Waals surface area contributed by atoms with Gasteiger partial charge in [0.1, 0.15) is 41.4 Å². The Labute approximate surface area is 288 Å². The standard InChI is InChI=1S/C34H33ClF4N6O3S/c1-16-11-34(7-3-8-44(34)13-16)15-47-33-42-27-24-28(46-14-17-10-18(48-32(38)39)4-2-9-45(17)31(24)43-33)25(35)23(26(27)37)19-5-6-21(36)29-22(19)20(12-40)30(41)49-29/h5-6,16-18,32H,2-4,7-11,13-15,41H2,1H3/t16-,17?,18?,34+/m1/s1. The minimum absolute atomic E-state index is 0.00821. The Morgan fingerprint density at radius 1 is 1.22 bits per heavy atom. The Morgan fingerprint density at radius 2 is 2.06 bits per heavy atom. The van der Waals surface area contributed by atoms with E-state index in [-0.39, 0.29) is 78.0 Å². The van der Waals surface area contributed by atoms with Crippen molar-refractivity contribution in [3.05, 3.63) is 34.4 Å². The number of benzene rings is 2. The number of hydrogen-bond acceptors (Lipinski definition) is 10. The van der Waals surface area contributed by atoms with E-state index in [9.17, 15) is 14.0 Å². The van der Waals surface area contributed by atoms with E-state index in [1.165, 1.54) is 12.1 Å². The smallest absolute Gasteiger partial charge is 0.345 e. The highest BCUT2D eigenvalue weighted by molar-refractivity contribution is 7.23. The molecule has 2 N–H and O–H groups in total. The number of nitriles is 1. The zero-order valence-corrected chi connectivity index (χ0v) is 28.2. The van der Waals surface area contributed by atoms with Crippen molar-refractivity contribution in [3.63, 3.8) is 0 Å². The molecule has 3 fully saturated rings. The van der Waals surface area contributed by atoms with Gasteiger partial charge in [-0.3, -0.25) is 4.90 Å². The van der Waals surface area contributed by atoms with E-state index in [0.717, 1.165) is 43.7 Å². The van der Waals surface area contributed by atoms with Crippen LogP contribution >= 0.6 is 22.9 Å². The SMILES string of the molecule is C[C@H]1CN2CCC[C@@]2(COc2nc3c4c(c(Cl)c(-c5ccc(F)c6sc(N)c(C#N)c56)c(F)c4n2)OCC2CC(OC(F)F)CCCN32)C1. The second-order valence-electron chi connectivity index (χ2n) is 13.6. The van der Waals surface area contributed by atoms with Gasteiger partial charge in [-0.25, -0.2) is 8.78 Å². The molecule has 0 spiro atoms. The zero-order valence-electron chi connectivity index (χ0n) is 26.6. The van der Waals surface area contributed by atoms with Gasteiger partial charge in [-0.1, -0.05) is 24.6 Å². The summed E-state index contributed by atoms with van der Waals surface area (Å²) in [6, 6.07) is 4.06. The van der Waals surface area contributed by atoms with Crippen LogP contribution in [0.25, 0.3) is 32.1 Å². The van der Waals surface area contributed by atoms with E-state index < -0.39 is 30.4 Å². The minimum atomic E-state index is -2.93. The molecule has 4 aromatic rings. The molecule has 15 heteroatoms. The molecular formula is C34H33ClF4N6O3S. The van der Waals surface area contributed by atoms with Gasteiger partial charge in [-0.2, -0.15) is 24.0 Å². The fourth-order valence-electron chi connectivity index (χ4n) is 8.51. The maximum Gasteiger partial charge on any atom is 0.345 e. The fourth-order valence-corrected chi connectivity index (χ4v) is 9.80. The number of nitrogens with two attached hydrogens (primary N) is 1. The molecule has 8 rings (SSSR count). The molecule has 3 saturated heterocycles. The van der Waals surface area contributed by atoms with Gasteiger partial charge in [0.25, 0.3) is 0 Å². The predicted octanol–water partition coefficient (Wildman–Crippen LogP) is 7.51. The largest absolute Gasteiger partial charge is 0.489 e. The lowest BCUT2D eigenvalue weighted by molar-refractivity contribution is -0.166. The maximum atomic E-state index is 17.2. The van der Waals surface area contributed by atoms with Gasteiger partial charge in [0.05, 0.1) is 38.4 Å². The van der Waals surface area contributed by atoms with Crippen molar-refractivity contribution in [2.24, 2.45) is 5.92 Å². The summed E-state index contributed by atoms with van der Waals surface area (Å²) in [5.41, 5.74) is 5.83. The first kappa shape index (κ1) is 32.6. The van der Waals surface area contributed by atoms with Crippen molar-refractivity contribution < 1.29 is 31.8 Å². The lowest BCUT2D eigenvalue weighted by Crippen LogP contribution is -2.43. The molecule has 49 heavy (non-hydrogen) atoms. The van der Waals surface area contributed by atoms with Crippen molar-refractivity contribution in [2.45, 2.75) is 69.7 Å². The van der Waals surface area contributed by atoms with Crippen LogP contribution in [0.1, 0.15) is 51.0 Å². The van der Waals surface area contributed by atoms with E-state index >= 15 is 8.78 Å². The number of fused-ring (bicyclic) bond motifs is 4. The Hall–Kier alpha value is -3.64. The molecule has 6 heterocycles. The molecule has 4 aliphatic rings. The van der Waals surface area contributed by atoms with Crippen LogP contribution in [-0.2, 0) is 4.74 Å². The van der Waals surface area contributed by atoms with Gasteiger partial charge in [0.15, 0.2) is 11.6 Å². The monoisotopic (exact) mass is 716 g/mol. The van der Waals surface area contributed by atoms with Gasteiger partial charge in [0.2, 0.25) is 0 Å². The first-order chi connectivity index (χ1) is 23.6. The highest BCUT2D eigenvalue weighted by Gasteiger charge is 2.48. The van der Waals surface area contributed by atoms with Crippen molar-refractivity contribution in [2.75, 3.05) is 43.5 Å². The van der Waals surface area contributed by atoms with E-state index in [1.807, 2.05) is 11.0 Å². The van der Waals surface area contributed by atoms with E-state index in [4.69, 9.17) is 36.5 Å². The summed E-state index contributed by atoms with van der Waals surface area (Å²) < 4.78 is 76.6. The molecule has 0 bridgehead atoms. The van der Waals surface area contributed by atoms with Gasteiger partial charge in [-0.15, -0.1) is 11.3 Å². The number of aromatic nitrogens is 2. The van der Waals surface area contributed by atoms with Crippen LogP contribution < -0.4 is 20.1 Å². The third-order valence-electron chi connectivity index (χ3n) is 10.5. The molecular weight excluding hydrogens is 684 g/mol. The number of hydrogen-bond donors (Lipinski definition) is 1. The summed E-state index contributed by atoms with van der Waals surface area (Å²) in [6.07, 6.45) is 3.38. The van der Waals surface area contributed by atoms with Crippen LogP contribution in [0.2, 0.25) is 5.02 Å². The predicted molar refractivity (Wildman–Crippen MR) is 179 cm³/mol. The van der Waals surface area contributed by atoms with Crippen molar-refractivity contribution in [3.8, 4) is 29.0 Å². The lowest BCUT2D eigenvalue weighted by Gasteiger charge is -2.32. The molecule has 2 aromatic carbocycles. The van der Waals surface area contributed by atoms with Crippen LogP contribution in [0.15, 0.2) is 12.1 Å². The first-order valence-electron chi connectivity index (χ1n) is 16.4. The number of nitrogens with zero attached hydrogens (tertiary/aromatic N) is 5. The Balaban J connectivity index is 1.32. The summed E-state index contributed by atoms with van der Waals surface area (Å²) in [5.74, 6) is -0.516. The van der Waals surface area contributed by atoms with Crippen LogP contribution in [0, 0.1) is 28.9 Å². The van der Waals surface area contributed by atoms with Crippen molar-refractivity contribution >= 4 is 54.7 Å². The van der Waals surface area contributed by atoms with Crippen LogP contribution in [0.3, 0.4) is 0 Å². The van der Waals surface area contributed by atoms with Gasteiger partial charge >= 0.3 is 12.6 Å². The minimum Gasteiger partial charge on any atom is -0.489 e. The number of nitrogen functional groups attached to an aromatic ring is 1. The Kier molecular flexibility index (Phi) is 8.17. The lowest BCUT2D eigenvalue weighted by atomic mass is 9.92. The summed E-state index contributed by atoms with van der Waals surface area (Å²) in [4.78, 5) is 13.8. The van der Waals surface area contributed by atoms with Gasteiger partial charge < -0.3 is 24.8 Å². The molecule has 2 aromatic heterocycles. The third-order valence-corrected chi connectivity index (χ3v) is 11.9. The number of alkyl halides is 2. The maximum absolute atomic E-state index is 17.2. The fraction of sp³-hybridized carbons (Fsp3) is 0.500. The van der Waals surface area contributed by atoms with Crippen molar-refractivity contribution in [1.82, 2.24) is 14.9 Å². The molecule has 0 aliphatic carbocycles. The topological polar surface area (TPSA) is 110 Å². The van der Waals surface area contributed by atoms with Crippen molar-refractivity contribution in [1.29, 1.82) is 5.26 Å². The summed E-state index contributed by atoms with van der Waals surface area (Å²) in [7, 11) is 0. The number of anilines is 2. The first-order valence-corrected chi connectivity index (χ1v) is 17.6. The molecule has 4 aliphatic heterocycles. The van der Waals surface area contributed by atoms with Crippen LogP contribution in [-0.4, -0.2) is 72.0 Å². The Bertz CT molecular complexity index is 2030. The van der Waals surface area contributed by atoms with E-state index in [1.54, 1.807) is 0 Å². The molecule has 9 nitrogen and oxygen atoms in total. The number of rotatable bonds is 6. The van der Waals surface area contributed by atoms with Gasteiger partial charge in [0, 0.05) is 24.0 Å². The van der Waals surface area contributed by atoms with E-state index in [2.05, 4.69) is 16.8 Å². The molecule has 0 saturated carbocycles. The van der Waals surface area contributed by atoms with Gasteiger partial charge in [-0.05, 0) is 62.6 Å². The highest BCUT2D eigenvalue weighted by atomic mass is 35.5. The number of ether oxygens (including phenoxy) is 3. The second-order valence-corrected chi connectivity index (χ2v) is 15.0. The average Bonchev–Trinajstić information content (AvgIpc) is 3.61. The molecule has 4 atom stereocenters. The zero-order chi connectivity index (χ0) is 34.2. The summed E-state index contributed by atoms with van der Waals surface area (Å²) in [5, 5.41) is 10.3. The van der Waals surface area contributed by atoms with Crippen LogP contribution in [0.5, 0.6) is 11.8 Å². The third kappa shape index (κ3) is 5.32. The molecule has 2 unspecified atom stereocenters. The molecule has 0 radical (unpaired) electrons. The second kappa shape index (κ2) is 12.3. The quantitative estimate of drug-likeness (QED) is 0.203. The summed E-state index contributed by atoms with van der Waals surface area (Å²) >= 11 is 7.92.